The third kappa shape index (κ3) is 2.52. The number of hydrogen-bond donors (Lipinski definition) is 1. The van der Waals surface area contributed by atoms with Gasteiger partial charge in [0.25, 0.3) is 0 Å². The van der Waals surface area contributed by atoms with Gasteiger partial charge in [-0.3, -0.25) is 4.79 Å². The molecule has 19 heavy (non-hydrogen) atoms. The first-order valence-electron chi connectivity index (χ1n) is 6.65. The minimum Gasteiger partial charge on any atom is -0.464 e. The van der Waals surface area contributed by atoms with E-state index in [0.29, 0.717) is 26.1 Å². The minimum absolute atomic E-state index is 0.109. The van der Waals surface area contributed by atoms with Crippen LogP contribution in [-0.2, 0) is 23.8 Å². The van der Waals surface area contributed by atoms with Crippen LogP contribution in [0.1, 0.15) is 33.1 Å². The maximum Gasteiger partial charge on any atom is 0.346 e. The molecule has 2 aliphatic rings. The van der Waals surface area contributed by atoms with Crippen LogP contribution in [0.2, 0.25) is 0 Å². The van der Waals surface area contributed by atoms with Gasteiger partial charge in [-0.25, -0.2) is 4.79 Å². The number of carbonyl (C=O) groups is 2. The average Bonchev–Trinajstić information content (AvgIpc) is 2.80. The Morgan fingerprint density at radius 1 is 1.47 bits per heavy atom. The molecule has 1 saturated carbocycles. The molecule has 0 unspecified atom stereocenters. The van der Waals surface area contributed by atoms with E-state index in [4.69, 9.17) is 14.2 Å². The molecule has 0 aromatic heterocycles. The van der Waals surface area contributed by atoms with E-state index in [0.717, 1.165) is 0 Å². The van der Waals surface area contributed by atoms with Crippen LogP contribution in [0.25, 0.3) is 0 Å². The fraction of sp³-hybridized carbons (Fsp3) is 0.846. The highest BCUT2D eigenvalue weighted by atomic mass is 16.7. The smallest absolute Gasteiger partial charge is 0.346 e. The zero-order chi connectivity index (χ0) is 14.1. The summed E-state index contributed by atoms with van der Waals surface area (Å²) >= 11 is 0. The van der Waals surface area contributed by atoms with Gasteiger partial charge in [0, 0.05) is 18.8 Å². The van der Waals surface area contributed by atoms with Crippen LogP contribution >= 0.6 is 0 Å². The summed E-state index contributed by atoms with van der Waals surface area (Å²) in [4.78, 5) is 24.2. The van der Waals surface area contributed by atoms with E-state index in [2.05, 4.69) is 0 Å². The van der Waals surface area contributed by atoms with E-state index in [1.165, 1.54) is 0 Å². The zero-order valence-electron chi connectivity index (χ0n) is 11.3. The molecular formula is C13H20O6. The molecule has 0 radical (unpaired) electrons. The molecular weight excluding hydrogens is 252 g/mol. The highest BCUT2D eigenvalue weighted by molar-refractivity contribution is 6.08. The van der Waals surface area contributed by atoms with Gasteiger partial charge in [-0.05, 0) is 13.3 Å². The molecule has 1 aliphatic heterocycles. The van der Waals surface area contributed by atoms with Crippen LogP contribution in [0.5, 0.6) is 0 Å². The lowest BCUT2D eigenvalue weighted by molar-refractivity contribution is -0.205. The first kappa shape index (κ1) is 14.4. The van der Waals surface area contributed by atoms with Gasteiger partial charge in [-0.1, -0.05) is 6.92 Å². The van der Waals surface area contributed by atoms with Crippen molar-refractivity contribution in [2.45, 2.75) is 44.5 Å². The Bertz CT molecular complexity index is 373. The Balaban J connectivity index is 2.31. The van der Waals surface area contributed by atoms with E-state index < -0.39 is 29.1 Å². The largest absolute Gasteiger partial charge is 0.464 e. The fourth-order valence-corrected chi connectivity index (χ4v) is 2.71. The molecule has 1 aliphatic carbocycles. The predicted molar refractivity (Wildman–Crippen MR) is 64.2 cm³/mol. The Labute approximate surface area is 112 Å². The SMILES string of the molecule is CCOC(=O)[C@]1(O)CC2(CC[C@@H](C)C1=O)OCCO2. The molecule has 2 fully saturated rings. The van der Waals surface area contributed by atoms with Crippen molar-refractivity contribution in [1.82, 2.24) is 0 Å². The van der Waals surface area contributed by atoms with Gasteiger partial charge in [0.05, 0.1) is 19.8 Å². The van der Waals surface area contributed by atoms with Crippen LogP contribution in [-0.4, -0.2) is 48.1 Å². The molecule has 6 nitrogen and oxygen atoms in total. The van der Waals surface area contributed by atoms with E-state index in [1.54, 1.807) is 13.8 Å². The first-order valence-corrected chi connectivity index (χ1v) is 6.65. The lowest BCUT2D eigenvalue weighted by atomic mass is 9.87. The van der Waals surface area contributed by atoms with Crippen molar-refractivity contribution in [3.8, 4) is 0 Å². The van der Waals surface area contributed by atoms with Gasteiger partial charge in [0.1, 0.15) is 0 Å². The molecule has 1 saturated heterocycles. The van der Waals surface area contributed by atoms with Crippen molar-refractivity contribution in [1.29, 1.82) is 0 Å². The highest BCUT2D eigenvalue weighted by Crippen LogP contribution is 2.40. The van der Waals surface area contributed by atoms with Gasteiger partial charge in [-0.2, -0.15) is 0 Å². The van der Waals surface area contributed by atoms with E-state index in [1.807, 2.05) is 0 Å². The quantitative estimate of drug-likeness (QED) is 0.579. The third-order valence-electron chi connectivity index (χ3n) is 3.77. The minimum atomic E-state index is -2.17. The number of ketones is 1. The van der Waals surface area contributed by atoms with Gasteiger partial charge in [0.15, 0.2) is 11.6 Å². The number of ether oxygens (including phenoxy) is 3. The lowest BCUT2D eigenvalue weighted by Crippen LogP contribution is -2.53. The fourth-order valence-electron chi connectivity index (χ4n) is 2.71. The maximum absolute atomic E-state index is 12.3. The average molecular weight is 272 g/mol. The zero-order valence-corrected chi connectivity index (χ0v) is 11.3. The van der Waals surface area contributed by atoms with Crippen LogP contribution in [0.15, 0.2) is 0 Å². The monoisotopic (exact) mass is 272 g/mol. The van der Waals surface area contributed by atoms with E-state index in [-0.39, 0.29) is 13.0 Å². The van der Waals surface area contributed by atoms with Gasteiger partial charge >= 0.3 is 5.97 Å². The van der Waals surface area contributed by atoms with Crippen LogP contribution in [0, 0.1) is 5.92 Å². The van der Waals surface area contributed by atoms with Crippen molar-refractivity contribution in [2.24, 2.45) is 5.92 Å². The normalized spacial score (nSPS) is 34.3. The molecule has 1 spiro atoms. The second-order valence-electron chi connectivity index (χ2n) is 5.17. The summed E-state index contributed by atoms with van der Waals surface area (Å²) in [6, 6.07) is 0. The summed E-state index contributed by atoms with van der Waals surface area (Å²) < 4.78 is 15.9. The Hall–Kier alpha value is -0.980. The first-order chi connectivity index (χ1) is 8.93. The van der Waals surface area contributed by atoms with Gasteiger partial charge in [0.2, 0.25) is 5.60 Å². The van der Waals surface area contributed by atoms with Crippen LogP contribution < -0.4 is 0 Å². The molecule has 2 rings (SSSR count). The number of aliphatic hydroxyl groups is 1. The van der Waals surface area contributed by atoms with Crippen molar-refractivity contribution >= 4 is 11.8 Å². The summed E-state index contributed by atoms with van der Waals surface area (Å²) in [7, 11) is 0. The predicted octanol–water partition coefficient (Wildman–Crippen LogP) is 0.413. The topological polar surface area (TPSA) is 82.1 Å². The second-order valence-corrected chi connectivity index (χ2v) is 5.17. The molecule has 1 N–H and O–H groups in total. The van der Waals surface area contributed by atoms with Crippen molar-refractivity contribution in [3.63, 3.8) is 0 Å². The molecule has 0 amide bonds. The van der Waals surface area contributed by atoms with Crippen LogP contribution in [0.3, 0.4) is 0 Å². The standard InChI is InChI=1S/C13H20O6/c1-3-17-11(15)13(16)8-12(18-6-7-19-12)5-4-9(2)10(13)14/h9,16H,3-8H2,1-2H3/t9-,13+/m1/s1. The molecule has 1 heterocycles. The molecule has 0 aromatic carbocycles. The third-order valence-corrected chi connectivity index (χ3v) is 3.77. The van der Waals surface area contributed by atoms with E-state index in [9.17, 15) is 14.7 Å². The Morgan fingerprint density at radius 2 is 2.11 bits per heavy atom. The highest BCUT2D eigenvalue weighted by Gasteiger charge is 2.57. The second kappa shape index (κ2) is 5.19. The summed E-state index contributed by atoms with van der Waals surface area (Å²) in [5.41, 5.74) is -2.17. The lowest BCUT2D eigenvalue weighted by Gasteiger charge is -2.31. The van der Waals surface area contributed by atoms with Crippen LogP contribution in [0.4, 0.5) is 0 Å². The summed E-state index contributed by atoms with van der Waals surface area (Å²) in [6.07, 6.45) is 0.810. The van der Waals surface area contributed by atoms with Gasteiger partial charge in [-0.15, -0.1) is 0 Å². The summed E-state index contributed by atoms with van der Waals surface area (Å²) in [5.74, 6) is -2.89. The van der Waals surface area contributed by atoms with Crippen molar-refractivity contribution in [3.05, 3.63) is 0 Å². The number of Topliss-reactive ketones (excluding diaryl/α,β-unsaturated/α-hetero) is 1. The number of rotatable bonds is 2. The molecule has 0 bridgehead atoms. The number of carbonyl (C=O) groups excluding carboxylic acids is 2. The molecule has 108 valence electrons. The van der Waals surface area contributed by atoms with E-state index >= 15 is 0 Å². The molecule has 6 heteroatoms. The van der Waals surface area contributed by atoms with Crippen molar-refractivity contribution < 1.29 is 28.9 Å². The maximum atomic E-state index is 12.3. The summed E-state index contributed by atoms with van der Waals surface area (Å²) in [6.45, 7) is 4.24. The Morgan fingerprint density at radius 3 is 2.68 bits per heavy atom. The van der Waals surface area contributed by atoms with Crippen molar-refractivity contribution in [2.75, 3.05) is 19.8 Å². The Kier molecular flexibility index (Phi) is 3.94. The summed E-state index contributed by atoms with van der Waals surface area (Å²) in [5, 5.41) is 10.5. The molecule has 2 atom stereocenters. The number of esters is 1. The molecule has 0 aromatic rings. The number of hydrogen-bond acceptors (Lipinski definition) is 6. The van der Waals surface area contributed by atoms with Gasteiger partial charge < -0.3 is 19.3 Å².